The highest BCUT2D eigenvalue weighted by atomic mass is 15.2. The summed E-state index contributed by atoms with van der Waals surface area (Å²) in [7, 11) is 0. The second kappa shape index (κ2) is 3.21. The second-order valence-electron chi connectivity index (χ2n) is 2.78. The lowest BCUT2D eigenvalue weighted by atomic mass is 10.2. The van der Waals surface area contributed by atoms with Gasteiger partial charge in [0, 0.05) is 6.04 Å². The van der Waals surface area contributed by atoms with E-state index in [2.05, 4.69) is 18.7 Å². The Balaban J connectivity index is 2.24. The standard InChI is InChI=1S/C8H16N/c1-3-8(2)9-6-4-5-7-9/h3-7H2,1-2H3. The van der Waals surface area contributed by atoms with Crippen LogP contribution in [0.3, 0.4) is 0 Å². The molecule has 1 aliphatic rings. The maximum atomic E-state index is 2.50. The van der Waals surface area contributed by atoms with Crippen molar-refractivity contribution in [2.75, 3.05) is 13.1 Å². The van der Waals surface area contributed by atoms with Crippen LogP contribution in [0.2, 0.25) is 0 Å². The lowest BCUT2D eigenvalue weighted by Crippen LogP contribution is -2.22. The molecule has 0 bridgehead atoms. The van der Waals surface area contributed by atoms with Crippen molar-refractivity contribution in [2.45, 2.75) is 33.1 Å². The molecule has 1 saturated heterocycles. The average Bonchev–Trinajstić information content (AvgIpc) is 2.37. The van der Waals surface area contributed by atoms with Gasteiger partial charge in [0.2, 0.25) is 0 Å². The van der Waals surface area contributed by atoms with Gasteiger partial charge in [0.1, 0.15) is 0 Å². The highest BCUT2D eigenvalue weighted by Crippen LogP contribution is 2.18. The quantitative estimate of drug-likeness (QED) is 0.547. The number of rotatable bonds is 2. The van der Waals surface area contributed by atoms with Gasteiger partial charge in [-0.05, 0) is 39.3 Å². The minimum absolute atomic E-state index is 1.22. The molecule has 1 radical (unpaired) electrons. The van der Waals surface area contributed by atoms with E-state index in [0.29, 0.717) is 0 Å². The van der Waals surface area contributed by atoms with E-state index in [0.717, 1.165) is 0 Å². The zero-order valence-corrected chi connectivity index (χ0v) is 6.48. The molecule has 0 spiro atoms. The Kier molecular flexibility index (Phi) is 2.52. The van der Waals surface area contributed by atoms with Crippen molar-refractivity contribution in [2.24, 2.45) is 0 Å². The molecule has 0 aromatic heterocycles. The van der Waals surface area contributed by atoms with Crippen LogP contribution in [0, 0.1) is 6.04 Å². The fourth-order valence-electron chi connectivity index (χ4n) is 1.32. The molecule has 0 aromatic rings. The average molecular weight is 126 g/mol. The first kappa shape index (κ1) is 7.07. The summed E-state index contributed by atoms with van der Waals surface area (Å²) >= 11 is 0. The Morgan fingerprint density at radius 2 is 1.89 bits per heavy atom. The highest BCUT2D eigenvalue weighted by molar-refractivity contribution is 4.85. The summed E-state index contributed by atoms with van der Waals surface area (Å²) in [5.41, 5.74) is 0. The topological polar surface area (TPSA) is 3.24 Å². The van der Waals surface area contributed by atoms with Crippen LogP contribution < -0.4 is 0 Å². The molecule has 0 unspecified atom stereocenters. The smallest absolute Gasteiger partial charge is 0.0359 e. The maximum absolute atomic E-state index is 2.50. The van der Waals surface area contributed by atoms with E-state index in [1.807, 2.05) is 0 Å². The van der Waals surface area contributed by atoms with Crippen LogP contribution in [0.5, 0.6) is 0 Å². The van der Waals surface area contributed by atoms with E-state index in [1.54, 1.807) is 6.04 Å². The molecular weight excluding hydrogens is 110 g/mol. The van der Waals surface area contributed by atoms with Crippen molar-refractivity contribution in [3.8, 4) is 0 Å². The monoisotopic (exact) mass is 126 g/mol. The predicted molar refractivity (Wildman–Crippen MR) is 40.0 cm³/mol. The van der Waals surface area contributed by atoms with Crippen molar-refractivity contribution < 1.29 is 0 Å². The van der Waals surface area contributed by atoms with Gasteiger partial charge in [0.25, 0.3) is 0 Å². The fourth-order valence-corrected chi connectivity index (χ4v) is 1.32. The lowest BCUT2D eigenvalue weighted by Gasteiger charge is -2.20. The second-order valence-corrected chi connectivity index (χ2v) is 2.78. The summed E-state index contributed by atoms with van der Waals surface area (Å²) < 4.78 is 0. The first-order valence-corrected chi connectivity index (χ1v) is 3.92. The van der Waals surface area contributed by atoms with Gasteiger partial charge in [-0.3, -0.25) is 4.90 Å². The number of hydrogen-bond acceptors (Lipinski definition) is 1. The Morgan fingerprint density at radius 1 is 1.33 bits per heavy atom. The maximum Gasteiger partial charge on any atom is 0.0359 e. The molecule has 1 rings (SSSR count). The van der Waals surface area contributed by atoms with Crippen molar-refractivity contribution in [3.05, 3.63) is 6.04 Å². The van der Waals surface area contributed by atoms with Crippen LogP contribution in [0.25, 0.3) is 0 Å². The van der Waals surface area contributed by atoms with E-state index in [-0.39, 0.29) is 0 Å². The van der Waals surface area contributed by atoms with Gasteiger partial charge in [0.05, 0.1) is 0 Å². The summed E-state index contributed by atoms with van der Waals surface area (Å²) in [4.78, 5) is 2.50. The third-order valence-corrected chi connectivity index (χ3v) is 2.16. The van der Waals surface area contributed by atoms with Gasteiger partial charge in [0.15, 0.2) is 0 Å². The minimum Gasteiger partial charge on any atom is -0.296 e. The third kappa shape index (κ3) is 1.68. The summed E-state index contributed by atoms with van der Waals surface area (Å²) in [6, 6.07) is 1.56. The van der Waals surface area contributed by atoms with Crippen molar-refractivity contribution >= 4 is 0 Å². The van der Waals surface area contributed by atoms with Crippen molar-refractivity contribution in [3.63, 3.8) is 0 Å². The Morgan fingerprint density at radius 3 is 2.33 bits per heavy atom. The molecule has 0 N–H and O–H groups in total. The largest absolute Gasteiger partial charge is 0.296 e. The van der Waals surface area contributed by atoms with Gasteiger partial charge < -0.3 is 0 Å². The molecule has 53 valence electrons. The van der Waals surface area contributed by atoms with E-state index in [1.165, 1.54) is 32.4 Å². The Hall–Kier alpha value is -0.0400. The van der Waals surface area contributed by atoms with Crippen LogP contribution in [0.4, 0.5) is 0 Å². The molecule has 1 aliphatic heterocycles. The van der Waals surface area contributed by atoms with Crippen LogP contribution >= 0.6 is 0 Å². The van der Waals surface area contributed by atoms with E-state index >= 15 is 0 Å². The molecule has 0 aromatic carbocycles. The highest BCUT2D eigenvalue weighted by Gasteiger charge is 2.16. The van der Waals surface area contributed by atoms with Gasteiger partial charge in [-0.1, -0.05) is 6.92 Å². The fraction of sp³-hybridized carbons (Fsp3) is 0.875. The predicted octanol–water partition coefficient (Wildman–Crippen LogP) is 2.04. The molecule has 0 atom stereocenters. The van der Waals surface area contributed by atoms with Crippen LogP contribution in [0.1, 0.15) is 33.1 Å². The summed E-state index contributed by atoms with van der Waals surface area (Å²) in [6.45, 7) is 7.08. The summed E-state index contributed by atoms with van der Waals surface area (Å²) in [5.74, 6) is 0. The van der Waals surface area contributed by atoms with Gasteiger partial charge in [-0.15, -0.1) is 0 Å². The van der Waals surface area contributed by atoms with E-state index in [9.17, 15) is 0 Å². The first-order valence-electron chi connectivity index (χ1n) is 3.92. The molecule has 1 heterocycles. The van der Waals surface area contributed by atoms with Crippen molar-refractivity contribution in [1.29, 1.82) is 0 Å². The van der Waals surface area contributed by atoms with Crippen LogP contribution in [-0.4, -0.2) is 18.0 Å². The minimum atomic E-state index is 1.22. The molecule has 0 amide bonds. The Labute approximate surface area is 58.0 Å². The van der Waals surface area contributed by atoms with Gasteiger partial charge in [-0.2, -0.15) is 0 Å². The number of nitrogens with zero attached hydrogens (tertiary/aromatic N) is 1. The molecule has 9 heavy (non-hydrogen) atoms. The van der Waals surface area contributed by atoms with E-state index < -0.39 is 0 Å². The van der Waals surface area contributed by atoms with Gasteiger partial charge >= 0.3 is 0 Å². The summed E-state index contributed by atoms with van der Waals surface area (Å²) in [5, 5.41) is 0. The zero-order chi connectivity index (χ0) is 6.69. The van der Waals surface area contributed by atoms with Crippen LogP contribution in [0.15, 0.2) is 0 Å². The summed E-state index contributed by atoms with van der Waals surface area (Å²) in [6.07, 6.45) is 4.02. The molecule has 1 heteroatoms. The number of likely N-dealkylation sites (tertiary alicyclic amines) is 1. The van der Waals surface area contributed by atoms with Crippen molar-refractivity contribution in [1.82, 2.24) is 4.90 Å². The Bertz CT molecular complexity index is 74.6. The number of hydrogen-bond donors (Lipinski definition) is 0. The molecular formula is C8H16N. The SMILES string of the molecule is CC[C](C)N1CCCC1. The molecule has 0 aliphatic carbocycles. The zero-order valence-electron chi connectivity index (χ0n) is 6.48. The molecule has 1 nitrogen and oxygen atoms in total. The van der Waals surface area contributed by atoms with Gasteiger partial charge in [-0.25, -0.2) is 0 Å². The van der Waals surface area contributed by atoms with E-state index in [4.69, 9.17) is 0 Å². The molecule has 0 saturated carbocycles. The third-order valence-electron chi connectivity index (χ3n) is 2.16. The first-order chi connectivity index (χ1) is 4.34. The molecule has 1 fully saturated rings. The van der Waals surface area contributed by atoms with Crippen LogP contribution in [-0.2, 0) is 0 Å². The lowest BCUT2D eigenvalue weighted by molar-refractivity contribution is 0.344. The normalized spacial score (nSPS) is 21.7.